The molecular formula is C16H27N3O2. The smallest absolute Gasteiger partial charge is 0.234 e. The van der Waals surface area contributed by atoms with Gasteiger partial charge in [0.1, 0.15) is 11.5 Å². The second-order valence-electron chi connectivity index (χ2n) is 5.79. The van der Waals surface area contributed by atoms with Crippen molar-refractivity contribution in [1.29, 1.82) is 0 Å². The lowest BCUT2D eigenvalue weighted by atomic mass is 10.0. The zero-order valence-electron chi connectivity index (χ0n) is 13.2. The molecule has 2 rings (SSSR count). The van der Waals surface area contributed by atoms with Crippen molar-refractivity contribution in [3.8, 4) is 0 Å². The molecular weight excluding hydrogens is 266 g/mol. The third-order valence-electron chi connectivity index (χ3n) is 3.89. The van der Waals surface area contributed by atoms with E-state index in [4.69, 9.17) is 4.42 Å². The SMILES string of the molecule is CCCNC(=O)CN1CCC(NCc2ccc(C)o2)CC1. The Bertz CT molecular complexity index is 436. The van der Waals surface area contributed by atoms with Gasteiger partial charge in [-0.15, -0.1) is 0 Å². The molecule has 1 aliphatic rings. The van der Waals surface area contributed by atoms with E-state index in [1.807, 2.05) is 19.1 Å². The first-order chi connectivity index (χ1) is 10.2. The molecule has 1 saturated heterocycles. The van der Waals surface area contributed by atoms with Gasteiger partial charge in [-0.2, -0.15) is 0 Å². The van der Waals surface area contributed by atoms with Gasteiger partial charge in [0.05, 0.1) is 13.1 Å². The summed E-state index contributed by atoms with van der Waals surface area (Å²) >= 11 is 0. The molecule has 2 heterocycles. The first kappa shape index (κ1) is 16.0. The number of hydrogen-bond donors (Lipinski definition) is 2. The maximum Gasteiger partial charge on any atom is 0.234 e. The summed E-state index contributed by atoms with van der Waals surface area (Å²) in [5, 5.41) is 6.47. The second kappa shape index (κ2) is 8.20. The quantitative estimate of drug-likeness (QED) is 0.803. The monoisotopic (exact) mass is 293 g/mol. The number of amides is 1. The highest BCUT2D eigenvalue weighted by Crippen LogP contribution is 2.12. The summed E-state index contributed by atoms with van der Waals surface area (Å²) in [6, 6.07) is 4.54. The Hall–Kier alpha value is -1.33. The van der Waals surface area contributed by atoms with Crippen molar-refractivity contribution < 1.29 is 9.21 Å². The third kappa shape index (κ3) is 5.52. The Kier molecular flexibility index (Phi) is 6.26. The summed E-state index contributed by atoms with van der Waals surface area (Å²) < 4.78 is 5.56. The Balaban J connectivity index is 1.62. The van der Waals surface area contributed by atoms with E-state index < -0.39 is 0 Å². The minimum atomic E-state index is 0.148. The van der Waals surface area contributed by atoms with Crippen molar-refractivity contribution >= 4 is 5.91 Å². The Morgan fingerprint density at radius 3 is 2.76 bits per heavy atom. The zero-order valence-corrected chi connectivity index (χ0v) is 13.2. The Labute approximate surface area is 127 Å². The average molecular weight is 293 g/mol. The average Bonchev–Trinajstić information content (AvgIpc) is 2.90. The van der Waals surface area contributed by atoms with Crippen LogP contribution in [0.2, 0.25) is 0 Å². The van der Waals surface area contributed by atoms with Gasteiger partial charge in [0.25, 0.3) is 0 Å². The van der Waals surface area contributed by atoms with Crippen LogP contribution in [0.4, 0.5) is 0 Å². The number of nitrogens with one attached hydrogen (secondary N) is 2. The van der Waals surface area contributed by atoms with Gasteiger partial charge < -0.3 is 15.1 Å². The van der Waals surface area contributed by atoms with Crippen LogP contribution in [0.15, 0.2) is 16.5 Å². The molecule has 5 heteroatoms. The summed E-state index contributed by atoms with van der Waals surface area (Å²) in [5.41, 5.74) is 0. The molecule has 0 aromatic carbocycles. The Morgan fingerprint density at radius 2 is 2.14 bits per heavy atom. The number of aryl methyl sites for hydroxylation is 1. The number of rotatable bonds is 7. The molecule has 1 amide bonds. The highest BCUT2D eigenvalue weighted by molar-refractivity contribution is 5.77. The molecule has 5 nitrogen and oxygen atoms in total. The molecule has 0 unspecified atom stereocenters. The van der Waals surface area contributed by atoms with Crippen molar-refractivity contribution in [2.45, 2.75) is 45.7 Å². The minimum absolute atomic E-state index is 0.148. The zero-order chi connectivity index (χ0) is 15.1. The molecule has 0 saturated carbocycles. The number of carbonyl (C=O) groups excluding carboxylic acids is 1. The van der Waals surface area contributed by atoms with Crippen LogP contribution in [-0.2, 0) is 11.3 Å². The fraction of sp³-hybridized carbons (Fsp3) is 0.688. The van der Waals surface area contributed by atoms with Crippen molar-refractivity contribution in [2.24, 2.45) is 0 Å². The number of furan rings is 1. The van der Waals surface area contributed by atoms with Crippen LogP contribution in [-0.4, -0.2) is 43.0 Å². The lowest BCUT2D eigenvalue weighted by molar-refractivity contribution is -0.122. The van der Waals surface area contributed by atoms with Gasteiger partial charge in [-0.3, -0.25) is 9.69 Å². The first-order valence-electron chi connectivity index (χ1n) is 7.95. The van der Waals surface area contributed by atoms with E-state index in [1.54, 1.807) is 0 Å². The summed E-state index contributed by atoms with van der Waals surface area (Å²) in [5.74, 6) is 2.10. The standard InChI is InChI=1S/C16H27N3O2/c1-3-8-17-16(20)12-19-9-6-14(7-10-19)18-11-15-5-4-13(2)21-15/h4-5,14,18H,3,6-12H2,1-2H3,(H,17,20). The molecule has 0 aliphatic carbocycles. The number of likely N-dealkylation sites (tertiary alicyclic amines) is 1. The summed E-state index contributed by atoms with van der Waals surface area (Å²) in [4.78, 5) is 13.9. The van der Waals surface area contributed by atoms with Crippen LogP contribution >= 0.6 is 0 Å². The van der Waals surface area contributed by atoms with Gasteiger partial charge in [0.2, 0.25) is 5.91 Å². The van der Waals surface area contributed by atoms with Crippen LogP contribution in [0, 0.1) is 6.92 Å². The molecule has 0 atom stereocenters. The summed E-state index contributed by atoms with van der Waals surface area (Å²) in [7, 11) is 0. The first-order valence-corrected chi connectivity index (χ1v) is 7.95. The van der Waals surface area contributed by atoms with E-state index >= 15 is 0 Å². The molecule has 118 valence electrons. The molecule has 21 heavy (non-hydrogen) atoms. The van der Waals surface area contributed by atoms with Crippen LogP contribution in [0.25, 0.3) is 0 Å². The Morgan fingerprint density at radius 1 is 1.38 bits per heavy atom. The maximum absolute atomic E-state index is 11.7. The van der Waals surface area contributed by atoms with Crippen LogP contribution in [0.1, 0.15) is 37.7 Å². The lowest BCUT2D eigenvalue weighted by Crippen LogP contribution is -2.46. The number of nitrogens with zero attached hydrogens (tertiary/aromatic N) is 1. The molecule has 1 fully saturated rings. The molecule has 1 aromatic rings. The predicted molar refractivity (Wildman–Crippen MR) is 83.0 cm³/mol. The number of hydrogen-bond acceptors (Lipinski definition) is 4. The molecule has 0 radical (unpaired) electrons. The topological polar surface area (TPSA) is 57.5 Å². The summed E-state index contributed by atoms with van der Waals surface area (Å²) in [6.45, 7) is 8.09. The van der Waals surface area contributed by atoms with E-state index in [9.17, 15) is 4.79 Å². The van der Waals surface area contributed by atoms with E-state index in [0.717, 1.165) is 57.0 Å². The molecule has 1 aliphatic heterocycles. The van der Waals surface area contributed by atoms with Crippen LogP contribution in [0.3, 0.4) is 0 Å². The van der Waals surface area contributed by atoms with Crippen LogP contribution in [0.5, 0.6) is 0 Å². The normalized spacial score (nSPS) is 17.0. The van der Waals surface area contributed by atoms with Crippen LogP contribution < -0.4 is 10.6 Å². The predicted octanol–water partition coefficient (Wildman–Crippen LogP) is 1.67. The minimum Gasteiger partial charge on any atom is -0.465 e. The number of piperidine rings is 1. The van der Waals surface area contributed by atoms with Crippen molar-refractivity contribution in [3.05, 3.63) is 23.7 Å². The fourth-order valence-corrected chi connectivity index (χ4v) is 2.64. The van der Waals surface area contributed by atoms with E-state index in [2.05, 4.69) is 22.5 Å². The van der Waals surface area contributed by atoms with Crippen molar-refractivity contribution in [2.75, 3.05) is 26.2 Å². The molecule has 0 bridgehead atoms. The maximum atomic E-state index is 11.7. The van der Waals surface area contributed by atoms with E-state index in [1.165, 1.54) is 0 Å². The van der Waals surface area contributed by atoms with Crippen molar-refractivity contribution in [3.63, 3.8) is 0 Å². The molecule has 2 N–H and O–H groups in total. The van der Waals surface area contributed by atoms with Crippen molar-refractivity contribution in [1.82, 2.24) is 15.5 Å². The molecule has 1 aromatic heterocycles. The lowest BCUT2D eigenvalue weighted by Gasteiger charge is -2.31. The van der Waals surface area contributed by atoms with E-state index in [0.29, 0.717) is 12.6 Å². The number of carbonyl (C=O) groups is 1. The van der Waals surface area contributed by atoms with Gasteiger partial charge in [-0.25, -0.2) is 0 Å². The van der Waals surface area contributed by atoms with Gasteiger partial charge in [0, 0.05) is 25.7 Å². The third-order valence-corrected chi connectivity index (χ3v) is 3.89. The van der Waals surface area contributed by atoms with Gasteiger partial charge in [-0.1, -0.05) is 6.92 Å². The summed E-state index contributed by atoms with van der Waals surface area (Å²) in [6.07, 6.45) is 3.16. The fourth-order valence-electron chi connectivity index (χ4n) is 2.64. The van der Waals surface area contributed by atoms with Gasteiger partial charge in [0.15, 0.2) is 0 Å². The van der Waals surface area contributed by atoms with E-state index in [-0.39, 0.29) is 5.91 Å². The molecule has 0 spiro atoms. The highest BCUT2D eigenvalue weighted by atomic mass is 16.3. The highest BCUT2D eigenvalue weighted by Gasteiger charge is 2.20. The largest absolute Gasteiger partial charge is 0.465 e. The van der Waals surface area contributed by atoms with Gasteiger partial charge in [-0.05, 0) is 38.3 Å². The second-order valence-corrected chi connectivity index (χ2v) is 5.79. The van der Waals surface area contributed by atoms with Gasteiger partial charge >= 0.3 is 0 Å².